The lowest BCUT2D eigenvalue weighted by Crippen LogP contribution is -2.64. The Bertz CT molecular complexity index is 973. The number of nitrogens with one attached hydrogen (secondary N) is 2. The quantitative estimate of drug-likeness (QED) is 0.434. The minimum absolute atomic E-state index is 0.0126. The molecule has 0 radical (unpaired) electrons. The predicted molar refractivity (Wildman–Crippen MR) is 111 cm³/mol. The van der Waals surface area contributed by atoms with Crippen molar-refractivity contribution in [1.82, 2.24) is 15.5 Å². The monoisotopic (exact) mass is 529 g/mol. The zero-order chi connectivity index (χ0) is 26.8. The van der Waals surface area contributed by atoms with Gasteiger partial charge >= 0.3 is 24.4 Å². The number of hydrogen-bond donors (Lipinski definition) is 2. The molecule has 2 N–H and O–H groups in total. The Hall–Kier alpha value is -3.30. The topological polar surface area (TPSA) is 94.2 Å². The summed E-state index contributed by atoms with van der Waals surface area (Å²) in [5.41, 5.74) is 0.761. The highest BCUT2D eigenvalue weighted by Gasteiger charge is 2.48. The Morgan fingerprint density at radius 1 is 1.06 bits per heavy atom. The first-order valence-corrected chi connectivity index (χ1v) is 10.6. The van der Waals surface area contributed by atoms with Gasteiger partial charge in [0.2, 0.25) is 5.91 Å². The van der Waals surface area contributed by atoms with Crippen molar-refractivity contribution in [3.05, 3.63) is 24.3 Å². The van der Waals surface area contributed by atoms with E-state index in [1.807, 2.05) is 0 Å². The second-order valence-electron chi connectivity index (χ2n) is 8.10. The van der Waals surface area contributed by atoms with Crippen LogP contribution in [-0.4, -0.2) is 86.4 Å². The highest BCUT2D eigenvalue weighted by Crippen LogP contribution is 2.30. The third kappa shape index (κ3) is 6.47. The minimum Gasteiger partial charge on any atom is -0.442 e. The van der Waals surface area contributed by atoms with Crippen molar-refractivity contribution in [3.8, 4) is 0 Å². The van der Waals surface area contributed by atoms with Gasteiger partial charge < -0.3 is 20.3 Å². The van der Waals surface area contributed by atoms with Gasteiger partial charge in [-0.3, -0.25) is 14.5 Å². The van der Waals surface area contributed by atoms with E-state index in [2.05, 4.69) is 0 Å². The number of alkyl halides is 7. The average Bonchev–Trinajstić information content (AvgIpc) is 3.15. The third-order valence-electron chi connectivity index (χ3n) is 5.49. The molecule has 2 aliphatic rings. The molecule has 200 valence electrons. The second-order valence-corrected chi connectivity index (χ2v) is 8.10. The fourth-order valence-electron chi connectivity index (χ4n) is 3.81. The number of carbonyl (C=O) groups is 3. The summed E-state index contributed by atoms with van der Waals surface area (Å²) in [6, 6.07) is 5.92. The molecule has 0 aromatic heterocycles. The lowest BCUT2D eigenvalue weighted by molar-refractivity contribution is -0.209. The predicted octanol–water partition coefficient (Wildman–Crippen LogP) is 2.13. The number of halogens is 7. The van der Waals surface area contributed by atoms with Crippen molar-refractivity contribution in [2.45, 2.75) is 37.8 Å². The average molecular weight is 529 g/mol. The van der Waals surface area contributed by atoms with Crippen molar-refractivity contribution in [2.24, 2.45) is 0 Å². The summed E-state index contributed by atoms with van der Waals surface area (Å²) >= 11 is 0. The number of rotatable bonds is 6. The molecule has 9 nitrogen and oxygen atoms in total. The standard InChI is InChI=1S/C20H22F7N5O4/c1-11(33)29-16(19(22,23)24)31-7-6-30(10-15(31)21)12-2-4-13(5-3-12)32-9-14(36-18(32)35)8-28-17(34)20(25,26)27/h2-5,14-16H,6-10H2,1H3,(H,28,34)(H,29,33)/t14?,15-,16?/m1/s1. The fourth-order valence-corrected chi connectivity index (χ4v) is 3.81. The maximum absolute atomic E-state index is 14.7. The van der Waals surface area contributed by atoms with Gasteiger partial charge in [-0.2, -0.15) is 26.3 Å². The van der Waals surface area contributed by atoms with Crippen LogP contribution in [0.2, 0.25) is 0 Å². The van der Waals surface area contributed by atoms with Gasteiger partial charge in [0.25, 0.3) is 0 Å². The third-order valence-corrected chi connectivity index (χ3v) is 5.49. The van der Waals surface area contributed by atoms with Crippen LogP contribution in [0.4, 0.5) is 46.9 Å². The summed E-state index contributed by atoms with van der Waals surface area (Å²) in [7, 11) is 0. The highest BCUT2D eigenvalue weighted by molar-refractivity contribution is 5.90. The first kappa shape index (κ1) is 27.3. The van der Waals surface area contributed by atoms with Crippen LogP contribution in [0.5, 0.6) is 0 Å². The number of amides is 3. The summed E-state index contributed by atoms with van der Waals surface area (Å²) in [6.07, 6.45) is -16.3. The molecule has 3 rings (SSSR count). The van der Waals surface area contributed by atoms with Crippen LogP contribution in [0.1, 0.15) is 6.92 Å². The van der Waals surface area contributed by atoms with Crippen LogP contribution in [0, 0.1) is 0 Å². The molecule has 0 aliphatic carbocycles. The molecule has 2 aliphatic heterocycles. The van der Waals surface area contributed by atoms with Gasteiger partial charge in [-0.1, -0.05) is 0 Å². The summed E-state index contributed by atoms with van der Waals surface area (Å²) in [4.78, 5) is 37.3. The molecule has 2 saturated heterocycles. The van der Waals surface area contributed by atoms with E-state index >= 15 is 0 Å². The molecular weight excluding hydrogens is 507 g/mol. The molecule has 16 heteroatoms. The van der Waals surface area contributed by atoms with Gasteiger partial charge in [0.05, 0.1) is 19.6 Å². The molecule has 3 amide bonds. The van der Waals surface area contributed by atoms with E-state index < -0.39 is 61.9 Å². The van der Waals surface area contributed by atoms with E-state index in [1.165, 1.54) is 29.2 Å². The molecule has 2 unspecified atom stereocenters. The lowest BCUT2D eigenvalue weighted by Gasteiger charge is -2.42. The van der Waals surface area contributed by atoms with Crippen LogP contribution in [0.3, 0.4) is 0 Å². The first-order chi connectivity index (χ1) is 16.7. The molecule has 2 heterocycles. The molecule has 0 spiro atoms. The van der Waals surface area contributed by atoms with E-state index in [4.69, 9.17) is 4.74 Å². The van der Waals surface area contributed by atoms with E-state index in [-0.39, 0.29) is 19.6 Å². The van der Waals surface area contributed by atoms with Crippen LogP contribution in [0.15, 0.2) is 24.3 Å². The zero-order valence-electron chi connectivity index (χ0n) is 18.7. The highest BCUT2D eigenvalue weighted by atomic mass is 19.4. The van der Waals surface area contributed by atoms with Crippen LogP contribution in [-0.2, 0) is 14.3 Å². The van der Waals surface area contributed by atoms with Gasteiger partial charge in [0, 0.05) is 31.4 Å². The summed E-state index contributed by atoms with van der Waals surface area (Å²) in [5.74, 6) is -3.11. The molecule has 2 fully saturated rings. The van der Waals surface area contributed by atoms with E-state index in [9.17, 15) is 45.1 Å². The van der Waals surface area contributed by atoms with E-state index in [0.29, 0.717) is 16.3 Å². The summed E-state index contributed by atoms with van der Waals surface area (Å²) < 4.78 is 96.4. The number of carbonyl (C=O) groups excluding carboxylic acids is 3. The Balaban J connectivity index is 1.60. The first-order valence-electron chi connectivity index (χ1n) is 10.6. The maximum Gasteiger partial charge on any atom is 0.471 e. The van der Waals surface area contributed by atoms with Gasteiger partial charge in [-0.25, -0.2) is 14.1 Å². The van der Waals surface area contributed by atoms with Gasteiger partial charge in [-0.05, 0) is 24.3 Å². The number of piperazine rings is 1. The molecule has 0 bridgehead atoms. The molecule has 3 atom stereocenters. The second kappa shape index (κ2) is 10.4. The van der Waals surface area contributed by atoms with Crippen molar-refractivity contribution in [2.75, 3.05) is 42.5 Å². The smallest absolute Gasteiger partial charge is 0.442 e. The van der Waals surface area contributed by atoms with Crippen LogP contribution in [0.25, 0.3) is 0 Å². The van der Waals surface area contributed by atoms with Crippen molar-refractivity contribution in [1.29, 1.82) is 0 Å². The number of cyclic esters (lactones) is 1. The van der Waals surface area contributed by atoms with Crippen LogP contribution < -0.4 is 20.4 Å². The number of hydrogen-bond acceptors (Lipinski definition) is 6. The Labute approximate surface area is 200 Å². The Kier molecular flexibility index (Phi) is 7.85. The fraction of sp³-hybridized carbons (Fsp3) is 0.550. The van der Waals surface area contributed by atoms with E-state index in [1.54, 1.807) is 10.6 Å². The largest absolute Gasteiger partial charge is 0.471 e. The number of nitrogens with zero attached hydrogens (tertiary/aromatic N) is 3. The molecular formula is C20H22F7N5O4. The molecule has 36 heavy (non-hydrogen) atoms. The summed E-state index contributed by atoms with van der Waals surface area (Å²) in [5, 5.41) is 3.36. The van der Waals surface area contributed by atoms with Crippen molar-refractivity contribution in [3.63, 3.8) is 0 Å². The minimum atomic E-state index is -5.07. The lowest BCUT2D eigenvalue weighted by atomic mass is 10.2. The maximum atomic E-state index is 14.7. The number of anilines is 2. The number of benzene rings is 1. The van der Waals surface area contributed by atoms with Crippen LogP contribution >= 0.6 is 0 Å². The van der Waals surface area contributed by atoms with Gasteiger partial charge in [0.1, 0.15) is 6.10 Å². The van der Waals surface area contributed by atoms with Gasteiger partial charge in [0.15, 0.2) is 12.5 Å². The normalized spacial score (nSPS) is 22.3. The zero-order valence-corrected chi connectivity index (χ0v) is 18.7. The Morgan fingerprint density at radius 2 is 1.67 bits per heavy atom. The van der Waals surface area contributed by atoms with Crippen molar-refractivity contribution < 1.29 is 49.9 Å². The van der Waals surface area contributed by atoms with Crippen molar-refractivity contribution >= 4 is 29.3 Å². The van der Waals surface area contributed by atoms with Gasteiger partial charge in [-0.15, -0.1) is 0 Å². The summed E-state index contributed by atoms with van der Waals surface area (Å²) in [6.45, 7) is -0.517. The SMILES string of the molecule is CC(=O)NC(N1CCN(c2ccc(N3CC(CNC(=O)C(F)(F)F)OC3=O)cc2)C[C@@H]1F)C(F)(F)F. The molecule has 1 aromatic carbocycles. The molecule has 1 aromatic rings. The molecule has 0 saturated carbocycles. The number of ether oxygens (including phenoxy) is 1. The Morgan fingerprint density at radius 3 is 2.19 bits per heavy atom. The van der Waals surface area contributed by atoms with E-state index in [0.717, 1.165) is 11.8 Å².